The average molecular weight is 336 g/mol. The van der Waals surface area contributed by atoms with Gasteiger partial charge in [0.15, 0.2) is 0 Å². The molecule has 0 saturated carbocycles. The zero-order valence-corrected chi connectivity index (χ0v) is 14.6. The van der Waals surface area contributed by atoms with Crippen molar-refractivity contribution < 1.29 is 9.59 Å². The molecule has 2 heterocycles. The Morgan fingerprint density at radius 1 is 1.19 bits per heavy atom. The van der Waals surface area contributed by atoms with Crippen molar-refractivity contribution in [2.24, 2.45) is 11.1 Å². The van der Waals surface area contributed by atoms with Crippen LogP contribution in [0.2, 0.25) is 0 Å². The van der Waals surface area contributed by atoms with E-state index in [-0.39, 0.29) is 36.3 Å². The fourth-order valence-electron chi connectivity index (χ4n) is 2.61. The number of carbonyl (C=O) groups is 2. The van der Waals surface area contributed by atoms with Gasteiger partial charge in [-0.3, -0.25) is 9.59 Å². The van der Waals surface area contributed by atoms with E-state index >= 15 is 0 Å². The maximum Gasteiger partial charge on any atom is 0.246 e. The van der Waals surface area contributed by atoms with Crippen molar-refractivity contribution in [3.8, 4) is 0 Å². The fraction of sp³-hybridized carbons (Fsp3) is 0.857. The van der Waals surface area contributed by atoms with E-state index in [1.165, 1.54) is 0 Å². The molecule has 0 bridgehead atoms. The largest absolute Gasteiger partial charge is 0.341 e. The van der Waals surface area contributed by atoms with E-state index in [0.29, 0.717) is 11.6 Å². The summed E-state index contributed by atoms with van der Waals surface area (Å²) in [7, 11) is 0. The smallest absolute Gasteiger partial charge is 0.246 e. The number of carbonyl (C=O) groups excluding carboxylic acids is 2. The molecule has 0 spiro atoms. The number of thioether (sulfide) groups is 1. The van der Waals surface area contributed by atoms with E-state index in [2.05, 4.69) is 0 Å². The van der Waals surface area contributed by atoms with Gasteiger partial charge in [-0.2, -0.15) is 0 Å². The third kappa shape index (κ3) is 4.27. The van der Waals surface area contributed by atoms with Crippen LogP contribution < -0.4 is 5.73 Å². The van der Waals surface area contributed by atoms with Crippen LogP contribution in [0, 0.1) is 5.41 Å². The van der Waals surface area contributed by atoms with Gasteiger partial charge < -0.3 is 15.5 Å². The van der Waals surface area contributed by atoms with Crippen LogP contribution >= 0.6 is 24.2 Å². The van der Waals surface area contributed by atoms with E-state index in [1.807, 2.05) is 25.7 Å². The summed E-state index contributed by atoms with van der Waals surface area (Å²) in [6.45, 7) is 7.15. The minimum atomic E-state index is -0.437. The van der Waals surface area contributed by atoms with Crippen LogP contribution in [0.25, 0.3) is 0 Å². The molecule has 2 aliphatic heterocycles. The Balaban J connectivity index is 0.00000220. The van der Waals surface area contributed by atoms with E-state index < -0.39 is 5.41 Å². The topological polar surface area (TPSA) is 66.6 Å². The molecule has 5 nitrogen and oxygen atoms in total. The number of amides is 2. The van der Waals surface area contributed by atoms with Crippen molar-refractivity contribution in [2.75, 3.05) is 24.7 Å². The molecule has 21 heavy (non-hydrogen) atoms. The lowest BCUT2D eigenvalue weighted by molar-refractivity contribution is -0.148. The molecule has 0 aromatic rings. The van der Waals surface area contributed by atoms with Gasteiger partial charge in [0, 0.05) is 30.3 Å². The lowest BCUT2D eigenvalue weighted by Gasteiger charge is -2.35. The molecular formula is C14H26ClN3O2S. The predicted molar refractivity (Wildman–Crippen MR) is 88.5 cm³/mol. The van der Waals surface area contributed by atoms with E-state index in [9.17, 15) is 9.59 Å². The SMILES string of the molecule is CC(C)(C)C(=O)N1CSCC1C(=O)N1CCC(N)CC1.Cl. The van der Waals surface area contributed by atoms with Gasteiger partial charge in [0.05, 0.1) is 5.88 Å². The molecule has 2 N–H and O–H groups in total. The van der Waals surface area contributed by atoms with Gasteiger partial charge in [-0.1, -0.05) is 20.8 Å². The summed E-state index contributed by atoms with van der Waals surface area (Å²) >= 11 is 1.66. The third-order valence-corrected chi connectivity index (χ3v) is 4.93. The summed E-state index contributed by atoms with van der Waals surface area (Å²) in [5, 5.41) is 0. The summed E-state index contributed by atoms with van der Waals surface area (Å²) in [5.41, 5.74) is 5.44. The molecule has 2 amide bonds. The van der Waals surface area contributed by atoms with E-state index in [1.54, 1.807) is 16.7 Å². The number of hydrogen-bond donors (Lipinski definition) is 1. The van der Waals surface area contributed by atoms with Crippen molar-refractivity contribution >= 4 is 36.0 Å². The van der Waals surface area contributed by atoms with E-state index in [0.717, 1.165) is 25.9 Å². The third-order valence-electron chi connectivity index (χ3n) is 3.92. The molecule has 1 atom stereocenters. The average Bonchev–Trinajstić information content (AvgIpc) is 2.85. The minimum absolute atomic E-state index is 0. The van der Waals surface area contributed by atoms with Crippen LogP contribution in [0.1, 0.15) is 33.6 Å². The van der Waals surface area contributed by atoms with Crippen LogP contribution in [0.4, 0.5) is 0 Å². The number of nitrogens with zero attached hydrogens (tertiary/aromatic N) is 2. The molecule has 0 radical (unpaired) electrons. The molecule has 122 valence electrons. The normalized spacial score (nSPS) is 23.9. The van der Waals surface area contributed by atoms with Gasteiger partial charge in [0.25, 0.3) is 0 Å². The second kappa shape index (κ2) is 7.20. The number of piperidine rings is 1. The fourth-order valence-corrected chi connectivity index (χ4v) is 3.75. The van der Waals surface area contributed by atoms with Gasteiger partial charge in [-0.05, 0) is 12.8 Å². The quantitative estimate of drug-likeness (QED) is 0.784. The highest BCUT2D eigenvalue weighted by Crippen LogP contribution is 2.28. The maximum atomic E-state index is 12.6. The predicted octanol–water partition coefficient (Wildman–Crippen LogP) is 1.31. The van der Waals surface area contributed by atoms with Gasteiger partial charge in [-0.15, -0.1) is 24.2 Å². The zero-order chi connectivity index (χ0) is 14.9. The first-order chi connectivity index (χ1) is 9.30. The standard InChI is InChI=1S/C14H25N3O2S.ClH/c1-14(2,3)13(19)17-9-20-8-11(17)12(18)16-6-4-10(15)5-7-16;/h10-11H,4-9,15H2,1-3H3;1H. The van der Waals surface area contributed by atoms with Crippen molar-refractivity contribution in [1.29, 1.82) is 0 Å². The maximum absolute atomic E-state index is 12.6. The zero-order valence-electron chi connectivity index (χ0n) is 13.0. The monoisotopic (exact) mass is 335 g/mol. The van der Waals surface area contributed by atoms with Crippen molar-refractivity contribution in [1.82, 2.24) is 9.80 Å². The van der Waals surface area contributed by atoms with Gasteiger partial charge in [0.1, 0.15) is 6.04 Å². The van der Waals surface area contributed by atoms with Gasteiger partial charge >= 0.3 is 0 Å². The lowest BCUT2D eigenvalue weighted by Crippen LogP contribution is -2.53. The second-order valence-corrected chi connectivity index (χ2v) is 7.70. The van der Waals surface area contributed by atoms with Gasteiger partial charge in [0.2, 0.25) is 11.8 Å². The summed E-state index contributed by atoms with van der Waals surface area (Å²) in [4.78, 5) is 28.7. The summed E-state index contributed by atoms with van der Waals surface area (Å²) < 4.78 is 0. The van der Waals surface area contributed by atoms with Crippen LogP contribution in [-0.4, -0.2) is 58.4 Å². The molecule has 7 heteroatoms. The summed E-state index contributed by atoms with van der Waals surface area (Å²) in [6.07, 6.45) is 1.72. The highest BCUT2D eigenvalue weighted by atomic mass is 35.5. The Bertz CT molecular complexity index is 392. The Morgan fingerprint density at radius 2 is 1.76 bits per heavy atom. The van der Waals surface area contributed by atoms with Crippen LogP contribution in [0.5, 0.6) is 0 Å². The Hall–Kier alpha value is -0.460. The molecule has 2 fully saturated rings. The first kappa shape index (κ1) is 18.6. The van der Waals surface area contributed by atoms with Crippen LogP contribution in [0.3, 0.4) is 0 Å². The van der Waals surface area contributed by atoms with Crippen LogP contribution in [-0.2, 0) is 9.59 Å². The van der Waals surface area contributed by atoms with Crippen molar-refractivity contribution in [3.05, 3.63) is 0 Å². The summed E-state index contributed by atoms with van der Waals surface area (Å²) in [6, 6.07) is -0.0784. The molecular weight excluding hydrogens is 310 g/mol. The highest BCUT2D eigenvalue weighted by Gasteiger charge is 2.40. The first-order valence-corrected chi connectivity index (χ1v) is 8.39. The highest BCUT2D eigenvalue weighted by molar-refractivity contribution is 7.99. The number of halogens is 1. The van der Waals surface area contributed by atoms with Crippen molar-refractivity contribution in [3.63, 3.8) is 0 Å². The molecule has 0 aromatic carbocycles. The molecule has 0 aromatic heterocycles. The number of likely N-dealkylation sites (tertiary alicyclic amines) is 1. The molecule has 0 aliphatic carbocycles. The molecule has 2 rings (SSSR count). The Kier molecular flexibility index (Phi) is 6.37. The number of hydrogen-bond acceptors (Lipinski definition) is 4. The second-order valence-electron chi connectivity index (χ2n) is 6.70. The number of rotatable bonds is 1. The molecule has 2 saturated heterocycles. The summed E-state index contributed by atoms with van der Waals surface area (Å²) in [5.74, 6) is 1.50. The van der Waals surface area contributed by atoms with E-state index in [4.69, 9.17) is 5.73 Å². The minimum Gasteiger partial charge on any atom is -0.341 e. The lowest BCUT2D eigenvalue weighted by atomic mass is 9.94. The molecule has 2 aliphatic rings. The van der Waals surface area contributed by atoms with Crippen molar-refractivity contribution in [2.45, 2.75) is 45.7 Å². The van der Waals surface area contributed by atoms with Crippen LogP contribution in [0.15, 0.2) is 0 Å². The Labute approximate surface area is 137 Å². The molecule has 1 unspecified atom stereocenters. The van der Waals surface area contributed by atoms with Gasteiger partial charge in [-0.25, -0.2) is 0 Å². The first-order valence-electron chi connectivity index (χ1n) is 7.24. The number of nitrogens with two attached hydrogens (primary N) is 1. The Morgan fingerprint density at radius 3 is 2.29 bits per heavy atom.